The highest BCUT2D eigenvalue weighted by Crippen LogP contribution is 2.24. The third kappa shape index (κ3) is 4.43. The Morgan fingerprint density at radius 3 is 2.19 bits per heavy atom. The van der Waals surface area contributed by atoms with Crippen LogP contribution < -0.4 is 0 Å². The zero-order valence-corrected chi connectivity index (χ0v) is 16.5. The Labute approximate surface area is 177 Å². The maximum absolute atomic E-state index is 13.5. The van der Waals surface area contributed by atoms with E-state index in [1.807, 2.05) is 28.8 Å². The SMILES string of the molecule is C=CCn1c(/C=C(/OC(=O)c2ccc(F)cc2)c2ccc(F)cc2)nc2ccccc21. The summed E-state index contributed by atoms with van der Waals surface area (Å²) in [7, 11) is 0. The van der Waals surface area contributed by atoms with E-state index in [9.17, 15) is 13.6 Å². The minimum absolute atomic E-state index is 0.189. The van der Waals surface area contributed by atoms with E-state index in [1.165, 1.54) is 48.5 Å². The predicted octanol–water partition coefficient (Wildman–Crippen LogP) is 5.86. The van der Waals surface area contributed by atoms with Gasteiger partial charge in [0.25, 0.3) is 0 Å². The van der Waals surface area contributed by atoms with Gasteiger partial charge in [-0.05, 0) is 60.7 Å². The smallest absolute Gasteiger partial charge is 0.343 e. The molecule has 1 aromatic heterocycles. The molecule has 6 heteroatoms. The highest BCUT2D eigenvalue weighted by atomic mass is 19.1. The van der Waals surface area contributed by atoms with Gasteiger partial charge in [-0.25, -0.2) is 18.6 Å². The van der Waals surface area contributed by atoms with Crippen molar-refractivity contribution >= 4 is 28.8 Å². The second-order valence-electron chi connectivity index (χ2n) is 6.77. The summed E-state index contributed by atoms with van der Waals surface area (Å²) in [6, 6.07) is 18.2. The molecule has 154 valence electrons. The number of aromatic nitrogens is 2. The Morgan fingerprint density at radius 2 is 1.55 bits per heavy atom. The molecule has 0 radical (unpaired) electrons. The minimum atomic E-state index is -0.665. The Kier molecular flexibility index (Phi) is 5.71. The summed E-state index contributed by atoms with van der Waals surface area (Å²) in [5.74, 6) is -0.792. The van der Waals surface area contributed by atoms with Gasteiger partial charge in [-0.1, -0.05) is 18.2 Å². The lowest BCUT2D eigenvalue weighted by atomic mass is 10.1. The lowest BCUT2D eigenvalue weighted by molar-refractivity contribution is 0.0693. The molecule has 0 fully saturated rings. The zero-order chi connectivity index (χ0) is 21.8. The number of carbonyl (C=O) groups is 1. The molecule has 1 heterocycles. The lowest BCUT2D eigenvalue weighted by Gasteiger charge is -2.10. The number of allylic oxidation sites excluding steroid dienone is 1. The fourth-order valence-electron chi connectivity index (χ4n) is 3.17. The molecule has 0 aliphatic carbocycles. The van der Waals surface area contributed by atoms with E-state index < -0.39 is 17.6 Å². The van der Waals surface area contributed by atoms with Crippen LogP contribution in [0.5, 0.6) is 0 Å². The van der Waals surface area contributed by atoms with Crippen LogP contribution in [0.2, 0.25) is 0 Å². The van der Waals surface area contributed by atoms with Gasteiger partial charge in [0.05, 0.1) is 16.6 Å². The van der Waals surface area contributed by atoms with E-state index in [4.69, 9.17) is 4.74 Å². The maximum atomic E-state index is 13.5. The third-order valence-corrected chi connectivity index (χ3v) is 4.67. The summed E-state index contributed by atoms with van der Waals surface area (Å²) >= 11 is 0. The summed E-state index contributed by atoms with van der Waals surface area (Å²) in [4.78, 5) is 17.3. The van der Waals surface area contributed by atoms with Gasteiger partial charge < -0.3 is 9.30 Å². The van der Waals surface area contributed by atoms with Crippen LogP contribution >= 0.6 is 0 Å². The number of rotatable bonds is 6. The molecule has 0 atom stereocenters. The molecule has 0 aliphatic heterocycles. The van der Waals surface area contributed by atoms with Crippen LogP contribution in [0.4, 0.5) is 8.78 Å². The van der Waals surface area contributed by atoms with Crippen molar-refractivity contribution in [3.8, 4) is 0 Å². The first-order valence-electron chi connectivity index (χ1n) is 9.56. The number of benzene rings is 3. The fourth-order valence-corrected chi connectivity index (χ4v) is 3.17. The van der Waals surface area contributed by atoms with Crippen LogP contribution in [-0.4, -0.2) is 15.5 Å². The van der Waals surface area contributed by atoms with Gasteiger partial charge in [0.15, 0.2) is 0 Å². The van der Waals surface area contributed by atoms with Crippen molar-refractivity contribution in [3.05, 3.63) is 114 Å². The molecule has 31 heavy (non-hydrogen) atoms. The normalized spacial score (nSPS) is 11.5. The monoisotopic (exact) mass is 416 g/mol. The number of imidazole rings is 1. The Morgan fingerprint density at radius 1 is 0.935 bits per heavy atom. The predicted molar refractivity (Wildman–Crippen MR) is 116 cm³/mol. The fraction of sp³-hybridized carbons (Fsp3) is 0.0400. The van der Waals surface area contributed by atoms with Gasteiger partial charge in [-0.15, -0.1) is 6.58 Å². The Balaban J connectivity index is 1.80. The van der Waals surface area contributed by atoms with Crippen molar-refractivity contribution in [2.45, 2.75) is 6.54 Å². The largest absolute Gasteiger partial charge is 0.422 e. The molecule has 3 aromatic carbocycles. The molecule has 4 rings (SSSR count). The molecule has 4 aromatic rings. The highest BCUT2D eigenvalue weighted by Gasteiger charge is 2.15. The van der Waals surface area contributed by atoms with Crippen molar-refractivity contribution in [1.29, 1.82) is 0 Å². The van der Waals surface area contributed by atoms with Crippen LogP contribution in [-0.2, 0) is 11.3 Å². The first kappa shape index (κ1) is 20.2. The second-order valence-corrected chi connectivity index (χ2v) is 6.77. The summed E-state index contributed by atoms with van der Waals surface area (Å²) in [6.45, 7) is 4.29. The number of para-hydroxylation sites is 2. The van der Waals surface area contributed by atoms with E-state index in [0.29, 0.717) is 17.9 Å². The zero-order valence-electron chi connectivity index (χ0n) is 16.5. The minimum Gasteiger partial charge on any atom is -0.422 e. The van der Waals surface area contributed by atoms with Crippen LogP contribution in [0.25, 0.3) is 22.9 Å². The van der Waals surface area contributed by atoms with E-state index >= 15 is 0 Å². The molecular formula is C25H18F2N2O2. The number of hydrogen-bond acceptors (Lipinski definition) is 3. The number of fused-ring (bicyclic) bond motifs is 1. The highest BCUT2D eigenvalue weighted by molar-refractivity contribution is 5.95. The summed E-state index contributed by atoms with van der Waals surface area (Å²) in [5, 5.41) is 0. The van der Waals surface area contributed by atoms with Crippen molar-refractivity contribution in [2.75, 3.05) is 0 Å². The van der Waals surface area contributed by atoms with E-state index in [2.05, 4.69) is 11.6 Å². The van der Waals surface area contributed by atoms with Crippen molar-refractivity contribution in [2.24, 2.45) is 0 Å². The molecule has 0 amide bonds. The van der Waals surface area contributed by atoms with Gasteiger partial charge in [0.1, 0.15) is 23.2 Å². The van der Waals surface area contributed by atoms with Crippen LogP contribution in [0.15, 0.2) is 85.5 Å². The average molecular weight is 416 g/mol. The molecule has 0 aliphatic rings. The molecule has 0 spiro atoms. The topological polar surface area (TPSA) is 44.1 Å². The quantitative estimate of drug-likeness (QED) is 0.225. The molecule has 0 unspecified atom stereocenters. The number of nitrogens with zero attached hydrogens (tertiary/aromatic N) is 2. The van der Waals surface area contributed by atoms with Crippen LogP contribution in [0, 0.1) is 11.6 Å². The van der Waals surface area contributed by atoms with E-state index in [-0.39, 0.29) is 11.3 Å². The van der Waals surface area contributed by atoms with Gasteiger partial charge >= 0.3 is 5.97 Å². The number of ether oxygens (including phenoxy) is 1. The maximum Gasteiger partial charge on any atom is 0.343 e. The van der Waals surface area contributed by atoms with Crippen molar-refractivity contribution in [3.63, 3.8) is 0 Å². The second kappa shape index (κ2) is 8.75. The first-order valence-corrected chi connectivity index (χ1v) is 9.56. The summed E-state index contributed by atoms with van der Waals surface area (Å²) in [6.07, 6.45) is 3.37. The van der Waals surface area contributed by atoms with Crippen LogP contribution in [0.1, 0.15) is 21.7 Å². The van der Waals surface area contributed by atoms with Crippen LogP contribution in [0.3, 0.4) is 0 Å². The standard InChI is InChI=1S/C25H18F2N2O2/c1-2-15-29-22-6-4-3-5-21(22)28-24(29)16-23(17-7-11-19(26)12-8-17)31-25(30)18-9-13-20(27)14-10-18/h2-14,16H,1,15H2/b23-16+. The Bertz CT molecular complexity index is 1270. The van der Waals surface area contributed by atoms with Gasteiger partial charge in [0, 0.05) is 18.2 Å². The van der Waals surface area contributed by atoms with Crippen molar-refractivity contribution in [1.82, 2.24) is 9.55 Å². The molecule has 4 nitrogen and oxygen atoms in total. The molecule has 0 saturated carbocycles. The third-order valence-electron chi connectivity index (χ3n) is 4.67. The van der Waals surface area contributed by atoms with E-state index in [0.717, 1.165) is 11.0 Å². The lowest BCUT2D eigenvalue weighted by Crippen LogP contribution is -2.06. The van der Waals surface area contributed by atoms with Gasteiger partial charge in [-0.2, -0.15) is 0 Å². The summed E-state index contributed by atoms with van der Waals surface area (Å²) in [5.41, 5.74) is 2.36. The summed E-state index contributed by atoms with van der Waals surface area (Å²) < 4.78 is 34.2. The molecule has 0 bridgehead atoms. The molecule has 0 saturated heterocycles. The first-order chi connectivity index (χ1) is 15.0. The Hall–Kier alpha value is -4.06. The van der Waals surface area contributed by atoms with Gasteiger partial charge in [-0.3, -0.25) is 0 Å². The molecule has 0 N–H and O–H groups in total. The number of halogens is 2. The van der Waals surface area contributed by atoms with E-state index in [1.54, 1.807) is 12.2 Å². The number of hydrogen-bond donors (Lipinski definition) is 0. The van der Waals surface area contributed by atoms with Crippen molar-refractivity contribution < 1.29 is 18.3 Å². The van der Waals surface area contributed by atoms with Gasteiger partial charge in [0.2, 0.25) is 0 Å². The molecular weight excluding hydrogens is 398 g/mol. The number of carbonyl (C=O) groups excluding carboxylic acids is 1. The number of esters is 1. The average Bonchev–Trinajstić information content (AvgIpc) is 3.12.